The maximum atomic E-state index is 8.67. The van der Waals surface area contributed by atoms with Gasteiger partial charge in [0.25, 0.3) is 0 Å². The summed E-state index contributed by atoms with van der Waals surface area (Å²) in [5.74, 6) is 0.284. The van der Waals surface area contributed by atoms with Gasteiger partial charge in [-0.1, -0.05) is 35.4 Å². The van der Waals surface area contributed by atoms with Crippen LogP contribution in [0.25, 0.3) is 0 Å². The first kappa shape index (κ1) is 11.8. The number of aromatic nitrogens is 2. The quantitative estimate of drug-likeness (QED) is 0.654. The molecule has 1 aromatic heterocycles. The molecule has 1 heterocycles. The van der Waals surface area contributed by atoms with Crippen LogP contribution in [0.5, 0.6) is 0 Å². The summed E-state index contributed by atoms with van der Waals surface area (Å²) in [4.78, 5) is 7.74. The fourth-order valence-corrected chi connectivity index (χ4v) is 1.28. The molecule has 1 rings (SSSR count). The second-order valence-electron chi connectivity index (χ2n) is 2.93. The number of nitrogens with zero attached hydrogens (tertiary/aromatic N) is 3. The Morgan fingerprint density at radius 1 is 1.47 bits per heavy atom. The highest BCUT2D eigenvalue weighted by molar-refractivity contribution is 6.35. The van der Waals surface area contributed by atoms with E-state index in [1.54, 1.807) is 0 Å². The first-order chi connectivity index (χ1) is 7.04. The molecule has 15 heavy (non-hydrogen) atoms. The molecule has 78 valence electrons. The van der Waals surface area contributed by atoms with E-state index in [1.807, 2.05) is 13.0 Å². The van der Waals surface area contributed by atoms with Crippen molar-refractivity contribution in [3.63, 3.8) is 0 Å². The van der Waals surface area contributed by atoms with Crippen LogP contribution in [0.15, 0.2) is 12.2 Å². The van der Waals surface area contributed by atoms with E-state index >= 15 is 0 Å². The Bertz CT molecular complexity index is 413. The third kappa shape index (κ3) is 3.08. The average molecular weight is 243 g/mol. The van der Waals surface area contributed by atoms with Gasteiger partial charge in [-0.2, -0.15) is 15.2 Å². The average Bonchev–Trinajstić information content (AvgIpc) is 2.14. The van der Waals surface area contributed by atoms with Crippen LogP contribution in [0.3, 0.4) is 0 Å². The summed E-state index contributed by atoms with van der Waals surface area (Å²) in [5, 5.41) is 11.6. The lowest BCUT2D eigenvalue weighted by Gasteiger charge is -2.05. The summed E-state index contributed by atoms with van der Waals surface area (Å²) in [6.07, 6.45) is 0. The van der Waals surface area contributed by atoms with E-state index in [-0.39, 0.29) is 21.8 Å². The molecule has 0 atom stereocenters. The minimum atomic E-state index is 0.0433. The van der Waals surface area contributed by atoms with Gasteiger partial charge in [0.05, 0.1) is 0 Å². The molecule has 0 aromatic carbocycles. The van der Waals surface area contributed by atoms with Gasteiger partial charge >= 0.3 is 0 Å². The maximum Gasteiger partial charge on any atom is 0.225 e. The van der Waals surface area contributed by atoms with Crippen molar-refractivity contribution in [1.29, 1.82) is 5.26 Å². The lowest BCUT2D eigenvalue weighted by Crippen LogP contribution is -2.06. The summed E-state index contributed by atoms with van der Waals surface area (Å²) in [6.45, 7) is 6.10. The van der Waals surface area contributed by atoms with E-state index in [4.69, 9.17) is 28.5 Å². The monoisotopic (exact) mass is 242 g/mol. The van der Waals surface area contributed by atoms with E-state index in [1.165, 1.54) is 0 Å². The van der Waals surface area contributed by atoms with E-state index < -0.39 is 0 Å². The normalized spacial score (nSPS) is 9.47. The molecule has 6 heteroatoms. The van der Waals surface area contributed by atoms with Crippen molar-refractivity contribution in [3.8, 4) is 6.07 Å². The first-order valence-electron chi connectivity index (χ1n) is 4.06. The van der Waals surface area contributed by atoms with Gasteiger partial charge in [-0.15, -0.1) is 0 Å². The molecular weight excluding hydrogens is 235 g/mol. The van der Waals surface area contributed by atoms with Crippen LogP contribution in [0.2, 0.25) is 10.3 Å². The number of nitrogens with one attached hydrogen (secondary N) is 1. The zero-order chi connectivity index (χ0) is 11.4. The van der Waals surface area contributed by atoms with Crippen molar-refractivity contribution in [2.24, 2.45) is 0 Å². The molecule has 0 fully saturated rings. The van der Waals surface area contributed by atoms with Gasteiger partial charge in [-0.3, -0.25) is 0 Å². The zero-order valence-corrected chi connectivity index (χ0v) is 9.52. The Morgan fingerprint density at radius 2 is 2.00 bits per heavy atom. The first-order valence-corrected chi connectivity index (χ1v) is 4.81. The van der Waals surface area contributed by atoms with Gasteiger partial charge in [0.15, 0.2) is 10.3 Å². The van der Waals surface area contributed by atoms with Gasteiger partial charge in [-0.05, 0) is 6.92 Å². The molecule has 0 aliphatic heterocycles. The highest BCUT2D eigenvalue weighted by atomic mass is 35.5. The maximum absolute atomic E-state index is 8.67. The second-order valence-corrected chi connectivity index (χ2v) is 3.64. The minimum absolute atomic E-state index is 0.0433. The molecule has 0 aliphatic rings. The zero-order valence-electron chi connectivity index (χ0n) is 8.01. The number of hydrogen-bond acceptors (Lipinski definition) is 4. The highest BCUT2D eigenvalue weighted by Gasteiger charge is 2.10. The van der Waals surface area contributed by atoms with Crippen LogP contribution in [0, 0.1) is 11.3 Å². The van der Waals surface area contributed by atoms with E-state index in [0.29, 0.717) is 6.54 Å². The molecular formula is C9H8Cl2N4. The van der Waals surface area contributed by atoms with Gasteiger partial charge in [0, 0.05) is 6.54 Å². The molecule has 0 spiro atoms. The van der Waals surface area contributed by atoms with Crippen molar-refractivity contribution in [3.05, 3.63) is 28.0 Å². The van der Waals surface area contributed by atoms with E-state index in [9.17, 15) is 0 Å². The van der Waals surface area contributed by atoms with Crippen LogP contribution < -0.4 is 5.32 Å². The van der Waals surface area contributed by atoms with Crippen molar-refractivity contribution in [2.75, 3.05) is 11.9 Å². The number of halogens is 2. The number of rotatable bonds is 3. The summed E-state index contributed by atoms with van der Waals surface area (Å²) < 4.78 is 0. The fourth-order valence-electron chi connectivity index (χ4n) is 0.809. The van der Waals surface area contributed by atoms with Crippen LogP contribution >= 0.6 is 23.2 Å². The SMILES string of the molecule is C=C(C)CNc1nc(Cl)c(C#N)c(Cl)n1. The summed E-state index contributed by atoms with van der Waals surface area (Å²) in [7, 11) is 0. The molecule has 0 unspecified atom stereocenters. The van der Waals surface area contributed by atoms with E-state index in [0.717, 1.165) is 5.57 Å². The standard InChI is InChI=1S/C9H8Cl2N4/c1-5(2)4-13-9-14-7(10)6(3-12)8(11)15-9/h1,4H2,2H3,(H,13,14,15). The van der Waals surface area contributed by atoms with Crippen molar-refractivity contribution in [1.82, 2.24) is 9.97 Å². The third-order valence-corrected chi connectivity index (χ3v) is 2.03. The predicted octanol–water partition coefficient (Wildman–Crippen LogP) is 2.64. The fraction of sp³-hybridized carbons (Fsp3) is 0.222. The predicted molar refractivity (Wildman–Crippen MR) is 60.1 cm³/mol. The molecule has 0 bridgehead atoms. The Morgan fingerprint density at radius 3 is 2.40 bits per heavy atom. The van der Waals surface area contributed by atoms with Crippen LogP contribution in [0.4, 0.5) is 5.95 Å². The van der Waals surface area contributed by atoms with Gasteiger partial charge in [-0.25, -0.2) is 0 Å². The van der Waals surface area contributed by atoms with Crippen molar-refractivity contribution < 1.29 is 0 Å². The smallest absolute Gasteiger partial charge is 0.225 e. The number of anilines is 1. The van der Waals surface area contributed by atoms with Gasteiger partial charge < -0.3 is 5.32 Å². The third-order valence-electron chi connectivity index (χ3n) is 1.48. The Kier molecular flexibility index (Phi) is 3.89. The van der Waals surface area contributed by atoms with Gasteiger partial charge in [0.1, 0.15) is 11.6 Å². The topological polar surface area (TPSA) is 61.6 Å². The number of nitriles is 1. The lowest BCUT2D eigenvalue weighted by molar-refractivity contribution is 1.09. The van der Waals surface area contributed by atoms with Crippen LogP contribution in [-0.2, 0) is 0 Å². The molecule has 0 saturated carbocycles. The molecule has 0 saturated heterocycles. The Labute approximate surface area is 97.6 Å². The summed E-state index contributed by atoms with van der Waals surface area (Å²) in [5.41, 5.74) is 1.01. The lowest BCUT2D eigenvalue weighted by atomic mass is 10.3. The molecule has 0 radical (unpaired) electrons. The molecule has 0 amide bonds. The van der Waals surface area contributed by atoms with Crippen molar-refractivity contribution in [2.45, 2.75) is 6.92 Å². The largest absolute Gasteiger partial charge is 0.350 e. The van der Waals surface area contributed by atoms with Crippen molar-refractivity contribution >= 4 is 29.2 Å². The van der Waals surface area contributed by atoms with Crippen LogP contribution in [-0.4, -0.2) is 16.5 Å². The minimum Gasteiger partial charge on any atom is -0.350 e. The second kappa shape index (κ2) is 4.96. The summed E-state index contributed by atoms with van der Waals surface area (Å²) >= 11 is 11.5. The molecule has 0 aliphatic carbocycles. The molecule has 1 N–H and O–H groups in total. The number of hydrogen-bond donors (Lipinski definition) is 1. The van der Waals surface area contributed by atoms with Gasteiger partial charge in [0.2, 0.25) is 5.95 Å². The highest BCUT2D eigenvalue weighted by Crippen LogP contribution is 2.21. The molecule has 1 aromatic rings. The Balaban J connectivity index is 2.95. The summed E-state index contributed by atoms with van der Waals surface area (Å²) in [6, 6.07) is 1.82. The van der Waals surface area contributed by atoms with E-state index in [2.05, 4.69) is 21.9 Å². The van der Waals surface area contributed by atoms with Crippen LogP contribution in [0.1, 0.15) is 12.5 Å². The molecule has 4 nitrogen and oxygen atoms in total. The Hall–Kier alpha value is -1.31.